The Balaban J connectivity index is 1.73. The second-order valence-electron chi connectivity index (χ2n) is 5.90. The van der Waals surface area contributed by atoms with E-state index in [1.165, 1.54) is 5.56 Å². The Morgan fingerprint density at radius 3 is 2.37 bits per heavy atom. The van der Waals surface area contributed by atoms with Crippen molar-refractivity contribution in [3.8, 4) is 0 Å². The second-order valence-corrected chi connectivity index (χ2v) is 5.90. The van der Waals surface area contributed by atoms with Crippen LogP contribution in [0.4, 0.5) is 0 Å². The first-order valence-electron chi connectivity index (χ1n) is 7.21. The lowest BCUT2D eigenvalue weighted by molar-refractivity contribution is 0.0895. The minimum absolute atomic E-state index is 0.00363. The topological polar surface area (TPSA) is 49.3 Å². The summed E-state index contributed by atoms with van der Waals surface area (Å²) in [5, 5.41) is 12.7. The number of hydrogen-bond donors (Lipinski definition) is 2. The predicted octanol–water partition coefficient (Wildman–Crippen LogP) is 1.89. The van der Waals surface area contributed by atoms with E-state index in [-0.39, 0.29) is 23.7 Å². The fourth-order valence-corrected chi connectivity index (χ4v) is 3.00. The van der Waals surface area contributed by atoms with Crippen molar-refractivity contribution in [2.24, 2.45) is 5.92 Å². The minimum atomic E-state index is -0.00363. The standard InChI is InChI=1S/C16H21NO2/c18-11-16(7-8-16)14-3-1-12(2-4-14)15(19)13-5-9-17-10-6-13/h1-4,13,17-18H,5-11H2. The number of aliphatic hydroxyl groups is 1. The third kappa shape index (κ3) is 2.45. The molecule has 0 aromatic heterocycles. The average molecular weight is 259 g/mol. The van der Waals surface area contributed by atoms with Crippen molar-refractivity contribution in [1.82, 2.24) is 5.32 Å². The Kier molecular flexibility index (Phi) is 3.42. The number of piperidine rings is 1. The van der Waals surface area contributed by atoms with Crippen LogP contribution < -0.4 is 5.32 Å². The van der Waals surface area contributed by atoms with Crippen molar-refractivity contribution < 1.29 is 9.90 Å². The molecule has 0 spiro atoms. The van der Waals surface area contributed by atoms with Crippen LogP contribution in [0.1, 0.15) is 41.6 Å². The van der Waals surface area contributed by atoms with Gasteiger partial charge in [0.05, 0.1) is 6.61 Å². The van der Waals surface area contributed by atoms with Crippen LogP contribution in [0.15, 0.2) is 24.3 Å². The Morgan fingerprint density at radius 1 is 1.21 bits per heavy atom. The number of aliphatic hydroxyl groups excluding tert-OH is 1. The molecule has 102 valence electrons. The van der Waals surface area contributed by atoms with E-state index in [0.29, 0.717) is 0 Å². The average Bonchev–Trinajstić information content (AvgIpc) is 3.29. The fraction of sp³-hybridized carbons (Fsp3) is 0.562. The lowest BCUT2D eigenvalue weighted by Crippen LogP contribution is -2.31. The first-order chi connectivity index (χ1) is 9.25. The van der Waals surface area contributed by atoms with Gasteiger partial charge in [-0.1, -0.05) is 24.3 Å². The highest BCUT2D eigenvalue weighted by Crippen LogP contribution is 2.47. The van der Waals surface area contributed by atoms with Gasteiger partial charge in [-0.25, -0.2) is 0 Å². The van der Waals surface area contributed by atoms with Crippen molar-refractivity contribution in [3.63, 3.8) is 0 Å². The van der Waals surface area contributed by atoms with E-state index in [2.05, 4.69) is 5.32 Å². The van der Waals surface area contributed by atoms with E-state index < -0.39 is 0 Å². The van der Waals surface area contributed by atoms with E-state index in [9.17, 15) is 9.90 Å². The molecule has 19 heavy (non-hydrogen) atoms. The number of rotatable bonds is 4. The minimum Gasteiger partial charge on any atom is -0.395 e. The normalized spacial score (nSPS) is 22.2. The molecule has 3 heteroatoms. The van der Waals surface area contributed by atoms with Crippen LogP contribution in [0, 0.1) is 5.92 Å². The van der Waals surface area contributed by atoms with Gasteiger partial charge < -0.3 is 10.4 Å². The molecular weight excluding hydrogens is 238 g/mol. The number of nitrogens with one attached hydrogen (secondary N) is 1. The van der Waals surface area contributed by atoms with Crippen molar-refractivity contribution in [1.29, 1.82) is 0 Å². The molecule has 3 nitrogen and oxygen atoms in total. The Morgan fingerprint density at radius 2 is 1.84 bits per heavy atom. The highest BCUT2D eigenvalue weighted by Gasteiger charge is 2.43. The van der Waals surface area contributed by atoms with Crippen molar-refractivity contribution in [2.75, 3.05) is 19.7 Å². The van der Waals surface area contributed by atoms with Gasteiger partial charge in [0.25, 0.3) is 0 Å². The summed E-state index contributed by atoms with van der Waals surface area (Å²) < 4.78 is 0. The zero-order valence-electron chi connectivity index (χ0n) is 11.2. The smallest absolute Gasteiger partial charge is 0.166 e. The molecule has 1 heterocycles. The number of carbonyl (C=O) groups is 1. The van der Waals surface area contributed by atoms with E-state index in [4.69, 9.17) is 0 Å². The molecule has 0 unspecified atom stereocenters. The monoisotopic (exact) mass is 259 g/mol. The molecule has 0 radical (unpaired) electrons. The summed E-state index contributed by atoms with van der Waals surface area (Å²) in [5.74, 6) is 0.460. The number of benzene rings is 1. The molecule has 1 saturated carbocycles. The fourth-order valence-electron chi connectivity index (χ4n) is 3.00. The maximum atomic E-state index is 12.4. The highest BCUT2D eigenvalue weighted by atomic mass is 16.3. The lowest BCUT2D eigenvalue weighted by atomic mass is 9.88. The van der Waals surface area contributed by atoms with Gasteiger partial charge in [-0.2, -0.15) is 0 Å². The van der Waals surface area contributed by atoms with Gasteiger partial charge in [0, 0.05) is 16.9 Å². The van der Waals surface area contributed by atoms with Crippen LogP contribution in [-0.4, -0.2) is 30.6 Å². The van der Waals surface area contributed by atoms with Crippen molar-refractivity contribution in [2.45, 2.75) is 31.1 Å². The van der Waals surface area contributed by atoms with Crippen LogP contribution in [0.5, 0.6) is 0 Å². The van der Waals surface area contributed by atoms with Crippen LogP contribution in [-0.2, 0) is 5.41 Å². The molecule has 1 aliphatic heterocycles. The second kappa shape index (κ2) is 5.06. The number of hydrogen-bond acceptors (Lipinski definition) is 3. The molecular formula is C16H21NO2. The lowest BCUT2D eigenvalue weighted by Gasteiger charge is -2.21. The summed E-state index contributed by atoms with van der Waals surface area (Å²) in [7, 11) is 0. The third-order valence-corrected chi connectivity index (χ3v) is 4.65. The van der Waals surface area contributed by atoms with Gasteiger partial charge in [0.15, 0.2) is 5.78 Å². The van der Waals surface area contributed by atoms with Gasteiger partial charge in [-0.3, -0.25) is 4.79 Å². The summed E-state index contributed by atoms with van der Waals surface area (Å²) in [6.07, 6.45) is 4.01. The van der Waals surface area contributed by atoms with Gasteiger partial charge in [-0.15, -0.1) is 0 Å². The molecule has 0 bridgehead atoms. The number of Topliss-reactive ketones (excluding diaryl/α,β-unsaturated/α-hetero) is 1. The molecule has 1 saturated heterocycles. The van der Waals surface area contributed by atoms with Crippen LogP contribution in [0.3, 0.4) is 0 Å². The molecule has 2 aliphatic rings. The molecule has 3 rings (SSSR count). The Labute approximate surface area is 114 Å². The zero-order chi connectivity index (χ0) is 13.3. The maximum Gasteiger partial charge on any atom is 0.166 e. The van der Waals surface area contributed by atoms with E-state index in [1.807, 2.05) is 24.3 Å². The highest BCUT2D eigenvalue weighted by molar-refractivity contribution is 5.98. The Bertz CT molecular complexity index is 456. The third-order valence-electron chi connectivity index (χ3n) is 4.65. The Hall–Kier alpha value is -1.19. The van der Waals surface area contributed by atoms with Gasteiger partial charge in [0.1, 0.15) is 0 Å². The van der Waals surface area contributed by atoms with E-state index in [0.717, 1.165) is 44.3 Å². The summed E-state index contributed by atoms with van der Waals surface area (Å²) in [6.45, 7) is 2.11. The number of carbonyl (C=O) groups excluding carboxylic acids is 1. The van der Waals surface area contributed by atoms with Crippen LogP contribution in [0.2, 0.25) is 0 Å². The van der Waals surface area contributed by atoms with Crippen molar-refractivity contribution >= 4 is 5.78 Å². The van der Waals surface area contributed by atoms with Gasteiger partial charge >= 0.3 is 0 Å². The maximum absolute atomic E-state index is 12.4. The molecule has 1 aromatic rings. The predicted molar refractivity (Wildman–Crippen MR) is 74.4 cm³/mol. The zero-order valence-corrected chi connectivity index (χ0v) is 11.2. The van der Waals surface area contributed by atoms with Crippen LogP contribution in [0.25, 0.3) is 0 Å². The van der Waals surface area contributed by atoms with Gasteiger partial charge in [0.2, 0.25) is 0 Å². The van der Waals surface area contributed by atoms with E-state index in [1.54, 1.807) is 0 Å². The summed E-state index contributed by atoms with van der Waals surface area (Å²) in [4.78, 5) is 12.4. The molecule has 1 aliphatic carbocycles. The first kappa shape index (κ1) is 12.8. The summed E-state index contributed by atoms with van der Waals surface area (Å²) in [5.41, 5.74) is 2.00. The first-order valence-corrected chi connectivity index (χ1v) is 7.21. The molecule has 0 atom stereocenters. The van der Waals surface area contributed by atoms with Crippen LogP contribution >= 0.6 is 0 Å². The SMILES string of the molecule is O=C(c1ccc(C2(CO)CC2)cc1)C1CCNCC1. The van der Waals surface area contributed by atoms with Gasteiger partial charge in [-0.05, 0) is 44.3 Å². The molecule has 2 N–H and O–H groups in total. The molecule has 2 fully saturated rings. The number of ketones is 1. The summed E-state index contributed by atoms with van der Waals surface area (Å²) in [6, 6.07) is 7.93. The molecule has 1 aromatic carbocycles. The van der Waals surface area contributed by atoms with Crippen molar-refractivity contribution in [3.05, 3.63) is 35.4 Å². The quantitative estimate of drug-likeness (QED) is 0.812. The molecule has 0 amide bonds. The van der Waals surface area contributed by atoms with E-state index >= 15 is 0 Å². The summed E-state index contributed by atoms with van der Waals surface area (Å²) >= 11 is 0. The largest absolute Gasteiger partial charge is 0.395 e.